The maximum atomic E-state index is 13.0. The van der Waals surface area contributed by atoms with Gasteiger partial charge in [0.1, 0.15) is 17.3 Å². The van der Waals surface area contributed by atoms with E-state index in [0.29, 0.717) is 52.9 Å². The topological polar surface area (TPSA) is 71.8 Å². The standard InChI is InChI=1S/C28H22Cl2N2O4/c1-35-22-8-5-17(6-9-22)28(34)32-12-11-25-19(16-32)14-26(36-25)18-3-2-4-21(13-18)31-27(33)23-10-7-20(29)15-24(23)30/h2-10,13-15H,11-12,16H2,1H3,(H,31,33). The Morgan fingerprint density at radius 3 is 2.56 bits per heavy atom. The van der Waals surface area contributed by atoms with Gasteiger partial charge in [-0.15, -0.1) is 0 Å². The summed E-state index contributed by atoms with van der Waals surface area (Å²) in [6.07, 6.45) is 0.628. The van der Waals surface area contributed by atoms with Crippen molar-refractivity contribution in [3.63, 3.8) is 0 Å². The third-order valence-electron chi connectivity index (χ3n) is 6.07. The van der Waals surface area contributed by atoms with E-state index in [9.17, 15) is 9.59 Å². The number of nitrogens with one attached hydrogen (secondary N) is 1. The van der Waals surface area contributed by atoms with Crippen LogP contribution in [0.25, 0.3) is 11.3 Å². The number of furan rings is 1. The fraction of sp³-hybridized carbons (Fsp3) is 0.143. The number of benzene rings is 3. The van der Waals surface area contributed by atoms with Crippen molar-refractivity contribution in [3.05, 3.63) is 105 Å². The molecule has 182 valence electrons. The van der Waals surface area contributed by atoms with E-state index in [1.807, 2.05) is 29.2 Å². The normalized spacial score (nSPS) is 12.7. The number of rotatable bonds is 5. The van der Waals surface area contributed by atoms with Crippen molar-refractivity contribution < 1.29 is 18.7 Å². The highest BCUT2D eigenvalue weighted by Gasteiger charge is 2.25. The first kappa shape index (κ1) is 24.0. The van der Waals surface area contributed by atoms with Gasteiger partial charge in [-0.05, 0) is 60.7 Å². The summed E-state index contributed by atoms with van der Waals surface area (Å²) >= 11 is 12.1. The second-order valence-electron chi connectivity index (χ2n) is 8.42. The number of carbonyl (C=O) groups excluding carboxylic acids is 2. The Morgan fingerprint density at radius 1 is 1.00 bits per heavy atom. The molecule has 0 saturated carbocycles. The van der Waals surface area contributed by atoms with Gasteiger partial charge >= 0.3 is 0 Å². The molecule has 5 rings (SSSR count). The van der Waals surface area contributed by atoms with Gasteiger partial charge in [-0.25, -0.2) is 0 Å². The number of hydrogen-bond acceptors (Lipinski definition) is 4. The lowest BCUT2D eigenvalue weighted by Crippen LogP contribution is -2.35. The smallest absolute Gasteiger partial charge is 0.257 e. The summed E-state index contributed by atoms with van der Waals surface area (Å²) in [5, 5.41) is 3.61. The lowest BCUT2D eigenvalue weighted by molar-refractivity contribution is 0.0730. The molecule has 4 aromatic rings. The van der Waals surface area contributed by atoms with E-state index in [0.717, 1.165) is 16.9 Å². The van der Waals surface area contributed by atoms with Crippen molar-refractivity contribution in [3.8, 4) is 17.1 Å². The van der Waals surface area contributed by atoms with Crippen LogP contribution in [0, 0.1) is 0 Å². The number of halogens is 2. The fourth-order valence-electron chi connectivity index (χ4n) is 4.19. The first-order valence-corrected chi connectivity index (χ1v) is 12.1. The molecule has 6 nitrogen and oxygen atoms in total. The molecule has 2 heterocycles. The lowest BCUT2D eigenvalue weighted by atomic mass is 10.1. The minimum atomic E-state index is -0.333. The third kappa shape index (κ3) is 4.96. The first-order valence-electron chi connectivity index (χ1n) is 11.3. The number of hydrogen-bond donors (Lipinski definition) is 1. The molecule has 1 aliphatic heterocycles. The Bertz CT molecular complexity index is 1450. The largest absolute Gasteiger partial charge is 0.497 e. The third-order valence-corrected chi connectivity index (χ3v) is 6.62. The van der Waals surface area contributed by atoms with Crippen molar-refractivity contribution in [1.29, 1.82) is 0 Å². The highest BCUT2D eigenvalue weighted by atomic mass is 35.5. The van der Waals surface area contributed by atoms with Gasteiger partial charge in [0.05, 0.1) is 17.7 Å². The summed E-state index contributed by atoms with van der Waals surface area (Å²) < 4.78 is 11.3. The SMILES string of the molecule is COc1ccc(C(=O)N2CCc3oc(-c4cccc(NC(=O)c5ccc(Cl)cc5Cl)c4)cc3C2)cc1. The van der Waals surface area contributed by atoms with E-state index in [1.54, 1.807) is 49.6 Å². The first-order chi connectivity index (χ1) is 17.4. The predicted molar refractivity (Wildman–Crippen MR) is 140 cm³/mol. The lowest BCUT2D eigenvalue weighted by Gasteiger charge is -2.26. The molecule has 0 saturated heterocycles. The van der Waals surface area contributed by atoms with E-state index in [-0.39, 0.29) is 16.8 Å². The molecule has 0 unspecified atom stereocenters. The Kier molecular flexibility index (Phi) is 6.72. The van der Waals surface area contributed by atoms with E-state index in [2.05, 4.69) is 5.32 Å². The van der Waals surface area contributed by atoms with Crippen LogP contribution in [0.3, 0.4) is 0 Å². The monoisotopic (exact) mass is 520 g/mol. The summed E-state index contributed by atoms with van der Waals surface area (Å²) in [7, 11) is 1.60. The van der Waals surface area contributed by atoms with Crippen molar-refractivity contribution in [2.24, 2.45) is 0 Å². The van der Waals surface area contributed by atoms with E-state index in [4.69, 9.17) is 32.4 Å². The zero-order chi connectivity index (χ0) is 25.2. The Hall–Kier alpha value is -3.74. The summed E-state index contributed by atoms with van der Waals surface area (Å²) in [4.78, 5) is 27.5. The second-order valence-corrected chi connectivity index (χ2v) is 9.27. The molecule has 1 aromatic heterocycles. The molecule has 1 aliphatic rings. The quantitative estimate of drug-likeness (QED) is 0.317. The number of anilines is 1. The molecule has 0 spiro atoms. The second kappa shape index (κ2) is 10.1. The fourth-order valence-corrected chi connectivity index (χ4v) is 4.68. The molecule has 8 heteroatoms. The van der Waals surface area contributed by atoms with Gasteiger partial charge < -0.3 is 19.4 Å². The minimum absolute atomic E-state index is 0.0309. The zero-order valence-electron chi connectivity index (χ0n) is 19.4. The molecule has 0 aliphatic carbocycles. The van der Waals surface area contributed by atoms with Crippen molar-refractivity contribution in [1.82, 2.24) is 4.90 Å². The summed E-state index contributed by atoms with van der Waals surface area (Å²) in [6.45, 7) is 1.04. The molecule has 0 bridgehead atoms. The van der Waals surface area contributed by atoms with Gasteiger partial charge in [-0.2, -0.15) is 0 Å². The average molecular weight is 521 g/mol. The molecule has 36 heavy (non-hydrogen) atoms. The van der Waals surface area contributed by atoms with Gasteiger partial charge in [-0.3, -0.25) is 9.59 Å². The van der Waals surface area contributed by atoms with E-state index >= 15 is 0 Å². The molecule has 2 amide bonds. The minimum Gasteiger partial charge on any atom is -0.497 e. The van der Waals surface area contributed by atoms with Crippen LogP contribution >= 0.6 is 23.2 Å². The Morgan fingerprint density at radius 2 is 1.81 bits per heavy atom. The highest BCUT2D eigenvalue weighted by molar-refractivity contribution is 6.37. The number of amides is 2. The van der Waals surface area contributed by atoms with Crippen LogP contribution in [-0.4, -0.2) is 30.4 Å². The molecule has 0 fully saturated rings. The van der Waals surface area contributed by atoms with Gasteiger partial charge in [0.2, 0.25) is 0 Å². The van der Waals surface area contributed by atoms with Crippen LogP contribution in [0.5, 0.6) is 5.75 Å². The van der Waals surface area contributed by atoms with Crippen molar-refractivity contribution >= 4 is 40.7 Å². The maximum absolute atomic E-state index is 13.0. The number of nitrogens with zero attached hydrogens (tertiary/aromatic N) is 1. The summed E-state index contributed by atoms with van der Waals surface area (Å²) in [6, 6.07) is 21.2. The Balaban J connectivity index is 1.31. The molecular weight excluding hydrogens is 499 g/mol. The average Bonchev–Trinajstić information content (AvgIpc) is 3.32. The van der Waals surface area contributed by atoms with Gasteiger partial charge in [-0.1, -0.05) is 35.3 Å². The van der Waals surface area contributed by atoms with Crippen LogP contribution in [0.4, 0.5) is 5.69 Å². The zero-order valence-corrected chi connectivity index (χ0v) is 20.9. The maximum Gasteiger partial charge on any atom is 0.257 e. The number of ether oxygens (including phenoxy) is 1. The van der Waals surface area contributed by atoms with Crippen LogP contribution in [0.15, 0.2) is 77.2 Å². The van der Waals surface area contributed by atoms with E-state index < -0.39 is 0 Å². The predicted octanol–water partition coefficient (Wildman–Crippen LogP) is 6.71. The van der Waals surface area contributed by atoms with Crippen LogP contribution in [-0.2, 0) is 13.0 Å². The molecular formula is C28H22Cl2N2O4. The Labute approximate surface area is 218 Å². The number of fused-ring (bicyclic) bond motifs is 1. The molecule has 0 radical (unpaired) electrons. The number of methoxy groups -OCH3 is 1. The summed E-state index contributed by atoms with van der Waals surface area (Å²) in [5.41, 5.74) is 3.35. The van der Waals surface area contributed by atoms with E-state index in [1.165, 1.54) is 6.07 Å². The summed E-state index contributed by atoms with van der Waals surface area (Å²) in [5.74, 6) is 1.89. The molecule has 1 N–H and O–H groups in total. The van der Waals surface area contributed by atoms with Gasteiger partial charge in [0, 0.05) is 46.9 Å². The number of carbonyl (C=O) groups is 2. The van der Waals surface area contributed by atoms with Crippen LogP contribution < -0.4 is 10.1 Å². The van der Waals surface area contributed by atoms with Crippen molar-refractivity contribution in [2.45, 2.75) is 13.0 Å². The van der Waals surface area contributed by atoms with Gasteiger partial charge in [0.15, 0.2) is 0 Å². The van der Waals surface area contributed by atoms with Crippen molar-refractivity contribution in [2.75, 3.05) is 19.0 Å². The molecule has 0 atom stereocenters. The highest BCUT2D eigenvalue weighted by Crippen LogP contribution is 2.32. The molecule has 3 aromatic carbocycles. The van der Waals surface area contributed by atoms with Gasteiger partial charge in [0.25, 0.3) is 11.8 Å². The van der Waals surface area contributed by atoms with Crippen LogP contribution in [0.2, 0.25) is 10.0 Å². The van der Waals surface area contributed by atoms with Crippen LogP contribution in [0.1, 0.15) is 32.0 Å².